The van der Waals surface area contributed by atoms with Crippen molar-refractivity contribution in [3.05, 3.63) is 127 Å². The van der Waals surface area contributed by atoms with Gasteiger partial charge in [0, 0.05) is 24.2 Å². The summed E-state index contributed by atoms with van der Waals surface area (Å²) in [5.41, 5.74) is 6.56. The van der Waals surface area contributed by atoms with Crippen molar-refractivity contribution in [1.29, 1.82) is 0 Å². The van der Waals surface area contributed by atoms with Crippen molar-refractivity contribution in [3.63, 3.8) is 0 Å². The van der Waals surface area contributed by atoms with Gasteiger partial charge in [0.25, 0.3) is 0 Å². The molecule has 0 N–H and O–H groups in total. The van der Waals surface area contributed by atoms with E-state index in [1.54, 1.807) is 0 Å². The van der Waals surface area contributed by atoms with Gasteiger partial charge < -0.3 is 4.90 Å². The average molecular weight is 550 g/mol. The van der Waals surface area contributed by atoms with Gasteiger partial charge in [-0.15, -0.1) is 0 Å². The van der Waals surface area contributed by atoms with Crippen LogP contribution in [0.1, 0.15) is 13.8 Å². The molecule has 0 amide bonds. The molecule has 0 radical (unpaired) electrons. The topological polar surface area (TPSA) is 3.24 Å². The Labute approximate surface area is 251 Å². The van der Waals surface area contributed by atoms with Crippen molar-refractivity contribution in [2.45, 2.75) is 13.8 Å². The predicted octanol–water partition coefficient (Wildman–Crippen LogP) is 11.7. The molecule has 0 heterocycles. The van der Waals surface area contributed by atoms with Crippen molar-refractivity contribution >= 4 is 70.3 Å². The maximum absolute atomic E-state index is 2.49. The molecular weight excluding hydrogens is 518 g/mol. The molecule has 0 unspecified atom stereocenters. The Morgan fingerprint density at radius 2 is 0.814 bits per heavy atom. The summed E-state index contributed by atoms with van der Waals surface area (Å²) in [5.74, 6) is 0. The molecular formula is C42H31N. The van der Waals surface area contributed by atoms with E-state index >= 15 is 0 Å². The van der Waals surface area contributed by atoms with Gasteiger partial charge in [0.15, 0.2) is 0 Å². The quantitative estimate of drug-likeness (QED) is 0.206. The van der Waals surface area contributed by atoms with Crippen LogP contribution in [0.3, 0.4) is 0 Å². The monoisotopic (exact) mass is 549 g/mol. The largest absolute Gasteiger partial charge is 0.372 e. The highest BCUT2D eigenvalue weighted by atomic mass is 15.1. The lowest BCUT2D eigenvalue weighted by molar-refractivity contribution is 0.871. The van der Waals surface area contributed by atoms with E-state index in [4.69, 9.17) is 0 Å². The number of hydrogen-bond donors (Lipinski definition) is 0. The summed E-state index contributed by atoms with van der Waals surface area (Å²) in [7, 11) is 0. The Morgan fingerprint density at radius 1 is 0.372 bits per heavy atom. The van der Waals surface area contributed by atoms with Crippen LogP contribution in [0.4, 0.5) is 5.69 Å². The van der Waals surface area contributed by atoms with Crippen LogP contribution >= 0.6 is 0 Å². The van der Waals surface area contributed by atoms with E-state index in [-0.39, 0.29) is 0 Å². The van der Waals surface area contributed by atoms with E-state index in [1.807, 2.05) is 0 Å². The van der Waals surface area contributed by atoms with Gasteiger partial charge in [-0.05, 0) is 101 Å². The molecule has 1 nitrogen and oxygen atoms in total. The van der Waals surface area contributed by atoms with Crippen LogP contribution in [0.15, 0.2) is 127 Å². The molecule has 0 saturated carbocycles. The lowest BCUT2D eigenvalue weighted by Crippen LogP contribution is -2.21. The number of nitrogens with zero attached hydrogens (tertiary/aromatic N) is 1. The highest BCUT2D eigenvalue weighted by molar-refractivity contribution is 6.46. The van der Waals surface area contributed by atoms with Crippen molar-refractivity contribution in [3.8, 4) is 22.3 Å². The highest BCUT2D eigenvalue weighted by Crippen LogP contribution is 2.55. The first kappa shape index (κ1) is 24.5. The van der Waals surface area contributed by atoms with Crippen LogP contribution in [-0.2, 0) is 0 Å². The van der Waals surface area contributed by atoms with Crippen LogP contribution in [-0.4, -0.2) is 13.1 Å². The molecule has 9 rings (SSSR count). The number of benzene rings is 7. The summed E-state index contributed by atoms with van der Waals surface area (Å²) in [6.45, 7) is 6.49. The van der Waals surface area contributed by atoms with Crippen LogP contribution in [0.5, 0.6) is 0 Å². The zero-order valence-electron chi connectivity index (χ0n) is 24.5. The fourth-order valence-electron chi connectivity index (χ4n) is 8.02. The molecule has 0 saturated heterocycles. The molecule has 9 aromatic rings. The first-order chi connectivity index (χ1) is 21.3. The van der Waals surface area contributed by atoms with Crippen LogP contribution in [0, 0.1) is 0 Å². The van der Waals surface area contributed by atoms with Crippen molar-refractivity contribution < 1.29 is 0 Å². The van der Waals surface area contributed by atoms with Gasteiger partial charge in [-0.1, -0.05) is 121 Å². The summed E-state index contributed by atoms with van der Waals surface area (Å²) < 4.78 is 0. The predicted molar refractivity (Wildman–Crippen MR) is 188 cm³/mol. The number of hydrogen-bond acceptors (Lipinski definition) is 1. The molecule has 0 aromatic heterocycles. The summed E-state index contributed by atoms with van der Waals surface area (Å²) in [4.78, 5) is 2.49. The average Bonchev–Trinajstić information content (AvgIpc) is 3.58. The molecule has 0 aliphatic carbocycles. The van der Waals surface area contributed by atoms with Crippen LogP contribution in [0.2, 0.25) is 0 Å². The Morgan fingerprint density at radius 3 is 1.33 bits per heavy atom. The number of fused-ring (bicyclic) bond motifs is 6. The first-order valence-corrected chi connectivity index (χ1v) is 15.5. The van der Waals surface area contributed by atoms with Crippen molar-refractivity contribution in [2.24, 2.45) is 0 Å². The van der Waals surface area contributed by atoms with Gasteiger partial charge in [-0.25, -0.2) is 0 Å². The highest BCUT2D eigenvalue weighted by Gasteiger charge is 2.27. The molecule has 0 fully saturated rings. The molecule has 0 aliphatic heterocycles. The van der Waals surface area contributed by atoms with Crippen molar-refractivity contribution in [2.75, 3.05) is 18.0 Å². The van der Waals surface area contributed by atoms with E-state index in [0.29, 0.717) is 0 Å². The second kappa shape index (κ2) is 9.18. The van der Waals surface area contributed by atoms with Gasteiger partial charge in [0.1, 0.15) is 0 Å². The Balaban J connectivity index is 1.65. The normalized spacial score (nSPS) is 12.1. The van der Waals surface area contributed by atoms with E-state index < -0.39 is 0 Å². The number of rotatable bonds is 5. The minimum absolute atomic E-state index is 0.988. The van der Waals surface area contributed by atoms with Gasteiger partial charge in [-0.3, -0.25) is 0 Å². The Bertz CT molecular complexity index is 2320. The van der Waals surface area contributed by atoms with E-state index in [1.165, 1.54) is 92.6 Å². The smallest absolute Gasteiger partial charge is 0.0446 e. The van der Waals surface area contributed by atoms with Gasteiger partial charge in [0.2, 0.25) is 0 Å². The molecule has 9 aromatic carbocycles. The minimum atomic E-state index is 0.988. The zero-order valence-corrected chi connectivity index (χ0v) is 24.5. The lowest BCUT2D eigenvalue weighted by Gasteiger charge is -2.23. The minimum Gasteiger partial charge on any atom is -0.372 e. The molecule has 1 heteroatoms. The second-order valence-electron chi connectivity index (χ2n) is 11.7. The standard InChI is InChI=1S/C42H31N/c1-3-43(4-2)34-25-24-33-38-29(34)20-13-23-32(38)41-36(27-14-7-5-8-15-27)39-30-21-11-18-26-19-12-22-31(35(26)30)40(39)37(42(33)41)28-16-9-6-10-17-28/h5-25H,3-4H2,1-2H3. The van der Waals surface area contributed by atoms with E-state index in [2.05, 4.69) is 146 Å². The first-order valence-electron chi connectivity index (χ1n) is 15.5. The summed E-state index contributed by atoms with van der Waals surface area (Å²) in [6, 6.07) is 47.6. The summed E-state index contributed by atoms with van der Waals surface area (Å²) >= 11 is 0. The van der Waals surface area contributed by atoms with E-state index in [9.17, 15) is 0 Å². The van der Waals surface area contributed by atoms with Gasteiger partial charge >= 0.3 is 0 Å². The fraction of sp³-hybridized carbons (Fsp3) is 0.0952. The number of anilines is 1. The fourth-order valence-corrected chi connectivity index (χ4v) is 8.02. The van der Waals surface area contributed by atoms with Gasteiger partial charge in [0.05, 0.1) is 0 Å². The molecule has 0 atom stereocenters. The summed E-state index contributed by atoms with van der Waals surface area (Å²) in [6.07, 6.45) is 0. The molecule has 0 aliphatic rings. The molecule has 204 valence electrons. The lowest BCUT2D eigenvalue weighted by atomic mass is 9.87. The third-order valence-electron chi connectivity index (χ3n) is 9.73. The maximum atomic E-state index is 2.49. The zero-order chi connectivity index (χ0) is 28.7. The van der Waals surface area contributed by atoms with Gasteiger partial charge in [-0.2, -0.15) is 0 Å². The Kier molecular flexibility index (Phi) is 5.22. The molecule has 43 heavy (non-hydrogen) atoms. The molecule has 0 bridgehead atoms. The maximum Gasteiger partial charge on any atom is 0.0446 e. The molecule has 0 spiro atoms. The Hall–Kier alpha value is -5.14. The van der Waals surface area contributed by atoms with Crippen LogP contribution in [0.25, 0.3) is 86.9 Å². The van der Waals surface area contributed by atoms with Crippen LogP contribution < -0.4 is 4.90 Å². The SMILES string of the molecule is CCN(CC)c1ccc2c3c(-c4ccccc4)c4c5cccc6cccc(c4c(-c4ccccc4)c3c3cccc1c32)c65. The summed E-state index contributed by atoms with van der Waals surface area (Å²) in [5, 5.41) is 16.2. The van der Waals surface area contributed by atoms with E-state index in [0.717, 1.165) is 13.1 Å². The van der Waals surface area contributed by atoms with Crippen molar-refractivity contribution in [1.82, 2.24) is 0 Å². The third-order valence-corrected chi connectivity index (χ3v) is 9.73. The second-order valence-corrected chi connectivity index (χ2v) is 11.7. The third kappa shape index (κ3) is 3.22.